The number of amides is 1. The lowest BCUT2D eigenvalue weighted by Crippen LogP contribution is -2.30. The Morgan fingerprint density at radius 1 is 1.19 bits per heavy atom. The lowest BCUT2D eigenvalue weighted by molar-refractivity contribution is -0.122. The van der Waals surface area contributed by atoms with Crippen molar-refractivity contribution < 1.29 is 9.53 Å². The summed E-state index contributed by atoms with van der Waals surface area (Å²) in [6, 6.07) is 16.4. The molecule has 0 aliphatic rings. The van der Waals surface area contributed by atoms with Gasteiger partial charge >= 0.3 is 0 Å². The highest BCUT2D eigenvalue weighted by Crippen LogP contribution is 2.19. The molecule has 4 heteroatoms. The first-order valence-corrected chi connectivity index (χ1v) is 6.64. The highest BCUT2D eigenvalue weighted by atomic mass is 16.5. The van der Waals surface area contributed by atoms with Crippen molar-refractivity contribution in [1.29, 1.82) is 5.26 Å². The third-order valence-corrected chi connectivity index (χ3v) is 3.07. The molecule has 0 aliphatic carbocycles. The van der Waals surface area contributed by atoms with Gasteiger partial charge in [0.15, 0.2) is 6.10 Å². The van der Waals surface area contributed by atoms with Crippen molar-refractivity contribution in [2.75, 3.05) is 5.32 Å². The zero-order valence-electron chi connectivity index (χ0n) is 12.0. The third-order valence-electron chi connectivity index (χ3n) is 3.07. The Kier molecular flexibility index (Phi) is 4.57. The minimum absolute atomic E-state index is 0.291. The van der Waals surface area contributed by atoms with E-state index in [0.717, 1.165) is 5.56 Å². The molecule has 0 bridgehead atoms. The fraction of sp³-hybridized carbons (Fsp3) is 0.176. The van der Waals surface area contributed by atoms with E-state index in [4.69, 9.17) is 10.00 Å². The summed E-state index contributed by atoms with van der Waals surface area (Å²) in [7, 11) is 0. The molecule has 21 heavy (non-hydrogen) atoms. The molecule has 2 rings (SSSR count). The molecule has 0 radical (unpaired) electrons. The minimum Gasteiger partial charge on any atom is -0.481 e. The summed E-state index contributed by atoms with van der Waals surface area (Å²) in [5.41, 5.74) is 1.88. The number of carbonyl (C=O) groups excluding carboxylic acids is 1. The number of anilines is 1. The van der Waals surface area contributed by atoms with Crippen molar-refractivity contribution >= 4 is 11.6 Å². The van der Waals surface area contributed by atoms with Gasteiger partial charge in [-0.3, -0.25) is 4.79 Å². The number of hydrogen-bond donors (Lipinski definition) is 1. The largest absolute Gasteiger partial charge is 0.481 e. The van der Waals surface area contributed by atoms with Gasteiger partial charge < -0.3 is 10.1 Å². The summed E-state index contributed by atoms with van der Waals surface area (Å²) in [5.74, 6) is 0.384. The number of nitrogens with zero attached hydrogens (tertiary/aromatic N) is 1. The fourth-order valence-corrected chi connectivity index (χ4v) is 1.86. The third kappa shape index (κ3) is 3.61. The van der Waals surface area contributed by atoms with Crippen LogP contribution in [0.3, 0.4) is 0 Å². The number of carbonyl (C=O) groups is 1. The maximum Gasteiger partial charge on any atom is 0.265 e. The summed E-state index contributed by atoms with van der Waals surface area (Å²) in [4.78, 5) is 12.2. The number of rotatable bonds is 4. The van der Waals surface area contributed by atoms with E-state index in [1.165, 1.54) is 0 Å². The van der Waals surface area contributed by atoms with E-state index < -0.39 is 6.10 Å². The van der Waals surface area contributed by atoms with E-state index in [9.17, 15) is 4.79 Å². The Bertz CT molecular complexity index is 689. The van der Waals surface area contributed by atoms with Gasteiger partial charge in [0.05, 0.1) is 11.3 Å². The van der Waals surface area contributed by atoms with Gasteiger partial charge in [0, 0.05) is 0 Å². The second-order valence-electron chi connectivity index (χ2n) is 4.67. The summed E-state index contributed by atoms with van der Waals surface area (Å²) >= 11 is 0. The Morgan fingerprint density at radius 2 is 1.86 bits per heavy atom. The van der Waals surface area contributed by atoms with Crippen LogP contribution in [0.2, 0.25) is 0 Å². The molecule has 0 unspecified atom stereocenters. The minimum atomic E-state index is -0.655. The van der Waals surface area contributed by atoms with Crippen LogP contribution in [-0.4, -0.2) is 12.0 Å². The standard InChI is InChI=1S/C17H16N2O2/c1-12-7-3-6-10-16(12)21-13(2)17(20)19-15-9-5-4-8-14(15)11-18/h3-10,13H,1-2H3,(H,19,20)/t13-/m1/s1. The number of ether oxygens (including phenoxy) is 1. The van der Waals surface area contributed by atoms with Crippen LogP contribution in [0.15, 0.2) is 48.5 Å². The number of para-hydroxylation sites is 2. The second kappa shape index (κ2) is 6.58. The van der Waals surface area contributed by atoms with Gasteiger partial charge in [-0.15, -0.1) is 0 Å². The van der Waals surface area contributed by atoms with Gasteiger partial charge in [0.25, 0.3) is 5.91 Å². The molecule has 0 fully saturated rings. The number of hydrogen-bond acceptors (Lipinski definition) is 3. The molecular weight excluding hydrogens is 264 g/mol. The van der Waals surface area contributed by atoms with E-state index in [1.807, 2.05) is 37.3 Å². The summed E-state index contributed by atoms with van der Waals surface area (Å²) < 4.78 is 5.66. The SMILES string of the molecule is Cc1ccccc1O[C@H](C)C(=O)Nc1ccccc1C#N. The molecule has 1 N–H and O–H groups in total. The second-order valence-corrected chi connectivity index (χ2v) is 4.67. The zero-order chi connectivity index (χ0) is 15.2. The molecule has 1 amide bonds. The summed E-state index contributed by atoms with van der Waals surface area (Å²) in [5, 5.41) is 11.7. The maximum atomic E-state index is 12.2. The van der Waals surface area contributed by atoms with Crippen LogP contribution >= 0.6 is 0 Å². The summed E-state index contributed by atoms with van der Waals surface area (Å²) in [6.45, 7) is 3.60. The quantitative estimate of drug-likeness (QED) is 0.935. The predicted molar refractivity (Wildman–Crippen MR) is 81.1 cm³/mol. The lowest BCUT2D eigenvalue weighted by atomic mass is 10.2. The van der Waals surface area contributed by atoms with Crippen LogP contribution < -0.4 is 10.1 Å². The molecule has 2 aromatic rings. The molecule has 1 atom stereocenters. The molecule has 0 saturated carbocycles. The first-order valence-electron chi connectivity index (χ1n) is 6.64. The molecule has 0 aliphatic heterocycles. The van der Waals surface area contributed by atoms with E-state index in [-0.39, 0.29) is 5.91 Å². The first-order chi connectivity index (χ1) is 10.1. The van der Waals surface area contributed by atoms with Crippen LogP contribution in [0.25, 0.3) is 0 Å². The van der Waals surface area contributed by atoms with Gasteiger partial charge in [-0.1, -0.05) is 30.3 Å². The Hall–Kier alpha value is -2.80. The van der Waals surface area contributed by atoms with Gasteiger partial charge in [-0.2, -0.15) is 5.26 Å². The van der Waals surface area contributed by atoms with Crippen molar-refractivity contribution in [3.05, 3.63) is 59.7 Å². The number of nitrogens with one attached hydrogen (secondary N) is 1. The molecule has 0 spiro atoms. The predicted octanol–water partition coefficient (Wildman–Crippen LogP) is 3.27. The van der Waals surface area contributed by atoms with Crippen molar-refractivity contribution in [3.8, 4) is 11.8 Å². The monoisotopic (exact) mass is 280 g/mol. The molecule has 0 saturated heterocycles. The van der Waals surface area contributed by atoms with Gasteiger partial charge in [0.2, 0.25) is 0 Å². The van der Waals surface area contributed by atoms with Crippen molar-refractivity contribution in [3.63, 3.8) is 0 Å². The highest BCUT2D eigenvalue weighted by Gasteiger charge is 2.16. The first kappa shape index (κ1) is 14.6. The number of nitriles is 1. The van der Waals surface area contributed by atoms with Crippen LogP contribution in [0.4, 0.5) is 5.69 Å². The van der Waals surface area contributed by atoms with Crippen molar-refractivity contribution in [2.24, 2.45) is 0 Å². The molecule has 0 aromatic heterocycles. The number of aryl methyl sites for hydroxylation is 1. The molecule has 106 valence electrons. The molecule has 2 aromatic carbocycles. The van der Waals surface area contributed by atoms with Gasteiger partial charge in [-0.05, 0) is 37.6 Å². The van der Waals surface area contributed by atoms with Crippen LogP contribution in [0, 0.1) is 18.3 Å². The number of benzene rings is 2. The Labute approximate surface area is 124 Å². The van der Waals surface area contributed by atoms with E-state index in [0.29, 0.717) is 17.0 Å². The van der Waals surface area contributed by atoms with Crippen LogP contribution in [0.1, 0.15) is 18.1 Å². The van der Waals surface area contributed by atoms with E-state index in [1.54, 1.807) is 31.2 Å². The van der Waals surface area contributed by atoms with Crippen LogP contribution in [0.5, 0.6) is 5.75 Å². The fourth-order valence-electron chi connectivity index (χ4n) is 1.86. The Morgan fingerprint density at radius 3 is 2.57 bits per heavy atom. The summed E-state index contributed by atoms with van der Waals surface area (Å²) in [6.07, 6.45) is -0.655. The van der Waals surface area contributed by atoms with Gasteiger partial charge in [0.1, 0.15) is 11.8 Å². The Balaban J connectivity index is 2.07. The topological polar surface area (TPSA) is 62.1 Å². The van der Waals surface area contributed by atoms with E-state index >= 15 is 0 Å². The molecule has 0 heterocycles. The highest BCUT2D eigenvalue weighted by molar-refractivity contribution is 5.95. The zero-order valence-corrected chi connectivity index (χ0v) is 12.0. The van der Waals surface area contributed by atoms with E-state index in [2.05, 4.69) is 5.32 Å². The van der Waals surface area contributed by atoms with Crippen LogP contribution in [-0.2, 0) is 4.79 Å². The van der Waals surface area contributed by atoms with Crippen molar-refractivity contribution in [2.45, 2.75) is 20.0 Å². The average molecular weight is 280 g/mol. The lowest BCUT2D eigenvalue weighted by Gasteiger charge is -2.16. The normalized spacial score (nSPS) is 11.3. The van der Waals surface area contributed by atoms with Gasteiger partial charge in [-0.25, -0.2) is 0 Å². The molecule has 4 nitrogen and oxygen atoms in total. The average Bonchev–Trinajstić information content (AvgIpc) is 2.50. The maximum absolute atomic E-state index is 12.2. The smallest absolute Gasteiger partial charge is 0.265 e. The molecular formula is C17H16N2O2. The van der Waals surface area contributed by atoms with Crippen molar-refractivity contribution in [1.82, 2.24) is 0 Å².